The summed E-state index contributed by atoms with van der Waals surface area (Å²) in [4.78, 5) is 10.4. The molecule has 5 heteroatoms. The summed E-state index contributed by atoms with van der Waals surface area (Å²) in [5.74, 6) is 0.688. The fourth-order valence-electron chi connectivity index (χ4n) is 1.79. The lowest BCUT2D eigenvalue weighted by Gasteiger charge is -2.20. The second kappa shape index (κ2) is 6.20. The topological polar surface area (TPSA) is 25.8 Å². The van der Waals surface area contributed by atoms with E-state index in [1.807, 2.05) is 12.1 Å². The summed E-state index contributed by atoms with van der Waals surface area (Å²) < 4.78 is 0.932. The second-order valence-corrected chi connectivity index (χ2v) is 7.80. The maximum absolute atomic E-state index is 6.27. The fraction of sp³-hybridized carbons (Fsp3) is 0.333. The van der Waals surface area contributed by atoms with Crippen molar-refractivity contribution in [3.63, 3.8) is 0 Å². The molecule has 2 nitrogen and oxygen atoms in total. The first-order chi connectivity index (χ1) is 9.32. The molecule has 2 rings (SSSR count). The van der Waals surface area contributed by atoms with Gasteiger partial charge in [-0.3, -0.25) is 0 Å². The molecule has 0 spiro atoms. The molecule has 1 heterocycles. The van der Waals surface area contributed by atoms with Crippen molar-refractivity contribution >= 4 is 46.0 Å². The van der Waals surface area contributed by atoms with E-state index < -0.39 is 0 Å². The van der Waals surface area contributed by atoms with E-state index in [4.69, 9.17) is 16.6 Å². The summed E-state index contributed by atoms with van der Waals surface area (Å²) in [6.45, 7) is 6.40. The van der Waals surface area contributed by atoms with Gasteiger partial charge in [0.05, 0.1) is 9.26 Å². The number of aromatic nitrogens is 2. The largest absolute Gasteiger partial charge is 0.231 e. The highest BCUT2D eigenvalue weighted by Gasteiger charge is 2.22. The van der Waals surface area contributed by atoms with Crippen LogP contribution in [0.25, 0.3) is 11.4 Å². The summed E-state index contributed by atoms with van der Waals surface area (Å²) in [6, 6.07) is 8.23. The maximum Gasteiger partial charge on any atom is 0.161 e. The molecule has 0 unspecified atom stereocenters. The highest BCUT2D eigenvalue weighted by molar-refractivity contribution is 14.1. The van der Waals surface area contributed by atoms with E-state index in [2.05, 4.69) is 66.7 Å². The zero-order valence-corrected chi connectivity index (χ0v) is 15.6. The van der Waals surface area contributed by atoms with Crippen LogP contribution < -0.4 is 0 Å². The first-order valence-corrected chi connectivity index (χ1v) is 8.89. The summed E-state index contributed by atoms with van der Waals surface area (Å²) in [5.41, 5.74) is 1.92. The van der Waals surface area contributed by atoms with Gasteiger partial charge in [0, 0.05) is 15.9 Å². The molecular weight excluding hydrogens is 403 g/mol. The van der Waals surface area contributed by atoms with E-state index in [0.29, 0.717) is 11.0 Å². The van der Waals surface area contributed by atoms with Crippen molar-refractivity contribution in [1.29, 1.82) is 0 Å². The van der Waals surface area contributed by atoms with Crippen molar-refractivity contribution in [2.75, 3.05) is 6.26 Å². The number of hydrogen-bond donors (Lipinski definition) is 0. The lowest BCUT2D eigenvalue weighted by atomic mass is 9.92. The summed E-state index contributed by atoms with van der Waals surface area (Å²) in [7, 11) is 0. The van der Waals surface area contributed by atoms with Crippen LogP contribution >= 0.6 is 46.0 Å². The van der Waals surface area contributed by atoms with Crippen LogP contribution in [0, 0.1) is 3.57 Å². The van der Waals surface area contributed by atoms with Crippen LogP contribution in [0.5, 0.6) is 0 Å². The van der Waals surface area contributed by atoms with Crippen LogP contribution in [-0.4, -0.2) is 16.2 Å². The number of hydrogen-bond acceptors (Lipinski definition) is 3. The van der Waals surface area contributed by atoms with Crippen LogP contribution in [-0.2, 0) is 5.41 Å². The first-order valence-electron chi connectivity index (χ1n) is 6.21. The minimum Gasteiger partial charge on any atom is -0.231 e. The van der Waals surface area contributed by atoms with E-state index in [1.54, 1.807) is 11.8 Å². The third-order valence-corrected chi connectivity index (χ3v) is 5.23. The van der Waals surface area contributed by atoms with Crippen LogP contribution in [0.4, 0.5) is 0 Å². The average Bonchev–Trinajstić information content (AvgIpc) is 2.40. The Morgan fingerprint density at radius 3 is 2.20 bits per heavy atom. The van der Waals surface area contributed by atoms with Crippen LogP contribution in [0.1, 0.15) is 26.5 Å². The van der Waals surface area contributed by atoms with E-state index in [1.165, 1.54) is 4.90 Å². The van der Waals surface area contributed by atoms with Crippen molar-refractivity contribution in [3.05, 3.63) is 38.7 Å². The quantitative estimate of drug-likeness (QED) is 0.370. The highest BCUT2D eigenvalue weighted by Crippen LogP contribution is 2.31. The number of benzene rings is 1. The molecule has 0 N–H and O–H groups in total. The van der Waals surface area contributed by atoms with Crippen LogP contribution in [0.2, 0.25) is 5.15 Å². The van der Waals surface area contributed by atoms with Gasteiger partial charge in [0.25, 0.3) is 0 Å². The Kier molecular flexibility index (Phi) is 4.97. The third kappa shape index (κ3) is 3.46. The molecular formula is C15H16ClIN2S. The van der Waals surface area contributed by atoms with Crippen LogP contribution in [0.3, 0.4) is 0 Å². The zero-order valence-electron chi connectivity index (χ0n) is 11.9. The molecule has 0 radical (unpaired) electrons. The van der Waals surface area contributed by atoms with Crippen molar-refractivity contribution < 1.29 is 0 Å². The molecule has 0 saturated heterocycles. The Labute approximate surface area is 142 Å². The highest BCUT2D eigenvalue weighted by atomic mass is 127. The van der Waals surface area contributed by atoms with Gasteiger partial charge in [-0.2, -0.15) is 0 Å². The Bertz CT molecular complexity index is 621. The van der Waals surface area contributed by atoms with Gasteiger partial charge >= 0.3 is 0 Å². The normalized spacial score (nSPS) is 11.7. The van der Waals surface area contributed by atoms with Gasteiger partial charge in [0.2, 0.25) is 0 Å². The number of halogens is 2. The minimum atomic E-state index is -0.0585. The Balaban J connectivity index is 2.54. The number of thioether (sulfide) groups is 1. The van der Waals surface area contributed by atoms with E-state index in [0.717, 1.165) is 14.8 Å². The predicted molar refractivity (Wildman–Crippen MR) is 95.7 cm³/mol. The second-order valence-electron chi connectivity index (χ2n) is 5.48. The van der Waals surface area contributed by atoms with Crippen molar-refractivity contribution in [1.82, 2.24) is 9.97 Å². The van der Waals surface area contributed by atoms with Crippen molar-refractivity contribution in [3.8, 4) is 11.4 Å². The molecule has 0 fully saturated rings. The van der Waals surface area contributed by atoms with Crippen molar-refractivity contribution in [2.45, 2.75) is 31.1 Å². The van der Waals surface area contributed by atoms with Gasteiger partial charge in [0.1, 0.15) is 5.15 Å². The lowest BCUT2D eigenvalue weighted by Crippen LogP contribution is -2.17. The zero-order chi connectivity index (χ0) is 14.9. The molecule has 1 aromatic heterocycles. The summed E-state index contributed by atoms with van der Waals surface area (Å²) >= 11 is 10.2. The van der Waals surface area contributed by atoms with E-state index in [-0.39, 0.29) is 5.41 Å². The molecule has 1 aromatic carbocycles. The Morgan fingerprint density at radius 1 is 1.10 bits per heavy atom. The van der Waals surface area contributed by atoms with Gasteiger partial charge in [0.15, 0.2) is 5.82 Å². The Morgan fingerprint density at radius 2 is 1.70 bits per heavy atom. The molecule has 106 valence electrons. The van der Waals surface area contributed by atoms with E-state index >= 15 is 0 Å². The van der Waals surface area contributed by atoms with Gasteiger partial charge in [-0.1, -0.05) is 44.5 Å². The maximum atomic E-state index is 6.27. The molecule has 0 bridgehead atoms. The molecule has 2 aromatic rings. The van der Waals surface area contributed by atoms with Gasteiger partial charge in [-0.05, 0) is 41.0 Å². The van der Waals surface area contributed by atoms with Gasteiger partial charge in [-0.25, -0.2) is 9.97 Å². The molecule has 0 aliphatic carbocycles. The summed E-state index contributed by atoms with van der Waals surface area (Å²) in [5, 5.41) is 0.523. The van der Waals surface area contributed by atoms with Gasteiger partial charge < -0.3 is 0 Å². The first kappa shape index (κ1) is 16.0. The molecule has 0 atom stereocenters. The SMILES string of the molecule is CSc1ccc(-c2nc(Cl)c(I)c(C(C)(C)C)n2)cc1. The molecule has 0 saturated carbocycles. The van der Waals surface area contributed by atoms with Gasteiger partial charge in [-0.15, -0.1) is 11.8 Å². The van der Waals surface area contributed by atoms with Crippen molar-refractivity contribution in [2.24, 2.45) is 0 Å². The monoisotopic (exact) mass is 418 g/mol. The average molecular weight is 419 g/mol. The Hall–Kier alpha value is -0.330. The molecule has 20 heavy (non-hydrogen) atoms. The third-order valence-electron chi connectivity index (χ3n) is 2.87. The standard InChI is InChI=1S/C15H16ClIN2S/c1-15(2,3)12-11(17)13(16)19-14(18-12)9-5-7-10(20-4)8-6-9/h5-8H,1-4H3. The molecule has 0 aliphatic heterocycles. The van der Waals surface area contributed by atoms with Crippen LogP contribution in [0.15, 0.2) is 29.2 Å². The predicted octanol–water partition coefficient (Wildman–Crippen LogP) is 5.42. The smallest absolute Gasteiger partial charge is 0.161 e. The number of nitrogens with zero attached hydrogens (tertiary/aromatic N) is 2. The summed E-state index contributed by atoms with van der Waals surface area (Å²) in [6.07, 6.45) is 2.06. The minimum absolute atomic E-state index is 0.0585. The lowest BCUT2D eigenvalue weighted by molar-refractivity contribution is 0.563. The molecule has 0 amide bonds. The fourth-order valence-corrected chi connectivity index (χ4v) is 3.41. The number of rotatable bonds is 2. The molecule has 0 aliphatic rings. The van der Waals surface area contributed by atoms with E-state index in [9.17, 15) is 0 Å².